The van der Waals surface area contributed by atoms with Crippen molar-refractivity contribution in [3.05, 3.63) is 30.3 Å². The van der Waals surface area contributed by atoms with Gasteiger partial charge in [0.1, 0.15) is 0 Å². The van der Waals surface area contributed by atoms with E-state index in [9.17, 15) is 4.79 Å². The first kappa shape index (κ1) is 12.6. The van der Waals surface area contributed by atoms with Crippen LogP contribution in [0.1, 0.15) is 19.3 Å². The van der Waals surface area contributed by atoms with Gasteiger partial charge in [0, 0.05) is 19.0 Å². The highest BCUT2D eigenvalue weighted by Crippen LogP contribution is 2.18. The average Bonchev–Trinajstić information content (AvgIpc) is 3.15. The fraction of sp³-hybridized carbons (Fsp3) is 0.385. The number of nitrogens with zero attached hydrogens (tertiary/aromatic N) is 4. The normalized spacial score (nSPS) is 14.0. The highest BCUT2D eigenvalue weighted by atomic mass is 16.1. The fourth-order valence-electron chi connectivity index (χ4n) is 1.86. The minimum Gasteiger partial charge on any atom is -0.353 e. The summed E-state index contributed by atoms with van der Waals surface area (Å²) in [5.41, 5.74) is 0.877. The van der Waals surface area contributed by atoms with Gasteiger partial charge in [-0.2, -0.15) is 4.68 Å². The number of rotatable bonds is 6. The van der Waals surface area contributed by atoms with Crippen LogP contribution in [-0.2, 0) is 4.79 Å². The van der Waals surface area contributed by atoms with Crippen LogP contribution in [0.25, 0.3) is 5.69 Å². The summed E-state index contributed by atoms with van der Waals surface area (Å²) in [5, 5.41) is 17.5. The van der Waals surface area contributed by atoms with Crippen molar-refractivity contribution < 1.29 is 4.79 Å². The monoisotopic (exact) mass is 272 g/mol. The summed E-state index contributed by atoms with van der Waals surface area (Å²) in [6.07, 6.45) is 2.62. The van der Waals surface area contributed by atoms with Crippen molar-refractivity contribution in [3.8, 4) is 5.69 Å². The number of hydrogen-bond acceptors (Lipinski definition) is 5. The Hall–Kier alpha value is -2.44. The van der Waals surface area contributed by atoms with Gasteiger partial charge in [-0.1, -0.05) is 23.3 Å². The summed E-state index contributed by atoms with van der Waals surface area (Å²) in [6.45, 7) is 0.506. The van der Waals surface area contributed by atoms with Crippen molar-refractivity contribution in [1.82, 2.24) is 25.5 Å². The minimum atomic E-state index is 0.0683. The Morgan fingerprint density at radius 2 is 2.10 bits per heavy atom. The van der Waals surface area contributed by atoms with Crippen molar-refractivity contribution in [2.45, 2.75) is 25.3 Å². The van der Waals surface area contributed by atoms with Gasteiger partial charge < -0.3 is 10.6 Å². The zero-order valence-corrected chi connectivity index (χ0v) is 11.0. The smallest absolute Gasteiger partial charge is 0.247 e. The van der Waals surface area contributed by atoms with Crippen molar-refractivity contribution in [1.29, 1.82) is 0 Å². The first-order valence-electron chi connectivity index (χ1n) is 6.70. The van der Waals surface area contributed by atoms with Gasteiger partial charge in [0.2, 0.25) is 11.9 Å². The third-order valence-electron chi connectivity index (χ3n) is 3.05. The van der Waals surface area contributed by atoms with E-state index in [4.69, 9.17) is 0 Å². The highest BCUT2D eigenvalue weighted by Gasteiger charge is 2.22. The molecule has 2 aromatic rings. The molecule has 7 nitrogen and oxygen atoms in total. The second kappa shape index (κ2) is 5.68. The number of nitrogens with one attached hydrogen (secondary N) is 2. The molecule has 1 heterocycles. The molecule has 1 saturated carbocycles. The van der Waals surface area contributed by atoms with E-state index >= 15 is 0 Å². The van der Waals surface area contributed by atoms with Crippen molar-refractivity contribution >= 4 is 11.9 Å². The first-order chi connectivity index (χ1) is 9.83. The molecule has 20 heavy (non-hydrogen) atoms. The molecule has 0 spiro atoms. The summed E-state index contributed by atoms with van der Waals surface area (Å²) in [4.78, 5) is 11.6. The Labute approximate surface area is 116 Å². The predicted molar refractivity (Wildman–Crippen MR) is 73.4 cm³/mol. The maximum Gasteiger partial charge on any atom is 0.247 e. The standard InChI is InChI=1S/C13H16N6O/c20-12(15-10-6-7-10)8-9-14-13-16-17-18-19(13)11-4-2-1-3-5-11/h1-5,10H,6-9H2,(H,15,20)(H,14,16,18). The van der Waals surface area contributed by atoms with E-state index in [2.05, 4.69) is 26.2 Å². The molecule has 2 N–H and O–H groups in total. The van der Waals surface area contributed by atoms with Crippen molar-refractivity contribution in [3.63, 3.8) is 0 Å². The number of para-hydroxylation sites is 1. The Bertz CT molecular complexity index is 578. The van der Waals surface area contributed by atoms with Crippen LogP contribution in [0, 0.1) is 0 Å². The SMILES string of the molecule is O=C(CCNc1nnnn1-c1ccccc1)NC1CC1. The Balaban J connectivity index is 1.55. The average molecular weight is 272 g/mol. The van der Waals surface area contributed by atoms with Crippen LogP contribution in [0.2, 0.25) is 0 Å². The lowest BCUT2D eigenvalue weighted by atomic mass is 10.3. The topological polar surface area (TPSA) is 84.7 Å². The van der Waals surface area contributed by atoms with E-state index < -0.39 is 0 Å². The van der Waals surface area contributed by atoms with Crippen LogP contribution < -0.4 is 10.6 Å². The summed E-state index contributed by atoms with van der Waals surface area (Å²) >= 11 is 0. The van der Waals surface area contributed by atoms with Gasteiger partial charge in [-0.3, -0.25) is 4.79 Å². The number of benzene rings is 1. The largest absolute Gasteiger partial charge is 0.353 e. The number of tetrazole rings is 1. The molecule has 0 aliphatic heterocycles. The van der Waals surface area contributed by atoms with Crippen LogP contribution in [0.3, 0.4) is 0 Å². The second-order valence-electron chi connectivity index (χ2n) is 4.77. The second-order valence-corrected chi connectivity index (χ2v) is 4.77. The number of carbonyl (C=O) groups excluding carboxylic acids is 1. The Morgan fingerprint density at radius 3 is 2.85 bits per heavy atom. The first-order valence-corrected chi connectivity index (χ1v) is 6.70. The summed E-state index contributed by atoms with van der Waals surface area (Å²) in [5.74, 6) is 0.606. The van der Waals surface area contributed by atoms with Gasteiger partial charge >= 0.3 is 0 Å². The molecule has 1 amide bonds. The van der Waals surface area contributed by atoms with Crippen LogP contribution in [0.15, 0.2) is 30.3 Å². The summed E-state index contributed by atoms with van der Waals surface area (Å²) in [7, 11) is 0. The minimum absolute atomic E-state index is 0.0683. The third-order valence-corrected chi connectivity index (χ3v) is 3.05. The molecule has 104 valence electrons. The highest BCUT2D eigenvalue weighted by molar-refractivity contribution is 5.77. The quantitative estimate of drug-likeness (QED) is 0.810. The number of hydrogen-bond donors (Lipinski definition) is 2. The molecule has 0 bridgehead atoms. The van der Waals surface area contributed by atoms with Gasteiger partial charge in [-0.15, -0.1) is 0 Å². The molecule has 0 radical (unpaired) electrons. The predicted octanol–water partition coefficient (Wildman–Crippen LogP) is 0.743. The fourth-order valence-corrected chi connectivity index (χ4v) is 1.86. The Morgan fingerprint density at radius 1 is 1.30 bits per heavy atom. The summed E-state index contributed by atoms with van der Waals surface area (Å²) < 4.78 is 1.61. The zero-order chi connectivity index (χ0) is 13.8. The maximum atomic E-state index is 11.6. The molecule has 1 aromatic carbocycles. The van der Waals surface area contributed by atoms with Crippen LogP contribution in [-0.4, -0.2) is 38.7 Å². The molecular weight excluding hydrogens is 256 g/mol. The number of amides is 1. The molecule has 1 fully saturated rings. The van der Waals surface area contributed by atoms with E-state index in [1.54, 1.807) is 4.68 Å². The van der Waals surface area contributed by atoms with Gasteiger partial charge in [0.25, 0.3) is 0 Å². The van der Waals surface area contributed by atoms with Crippen molar-refractivity contribution in [2.24, 2.45) is 0 Å². The van der Waals surface area contributed by atoms with Gasteiger partial charge in [0.15, 0.2) is 0 Å². The third kappa shape index (κ3) is 3.11. The Kier molecular flexibility index (Phi) is 3.58. The molecule has 0 saturated heterocycles. The molecule has 0 atom stereocenters. The van der Waals surface area contributed by atoms with E-state index in [0.29, 0.717) is 25.0 Å². The molecule has 1 aliphatic carbocycles. The van der Waals surface area contributed by atoms with Crippen LogP contribution in [0.5, 0.6) is 0 Å². The lowest BCUT2D eigenvalue weighted by molar-refractivity contribution is -0.120. The van der Waals surface area contributed by atoms with Gasteiger partial charge in [0.05, 0.1) is 5.69 Å². The van der Waals surface area contributed by atoms with Crippen molar-refractivity contribution in [2.75, 3.05) is 11.9 Å². The van der Waals surface area contributed by atoms with Gasteiger partial charge in [-0.25, -0.2) is 0 Å². The molecule has 3 rings (SSSR count). The van der Waals surface area contributed by atoms with E-state index in [1.807, 2.05) is 30.3 Å². The van der Waals surface area contributed by atoms with E-state index in [0.717, 1.165) is 18.5 Å². The molecular formula is C13H16N6O. The maximum absolute atomic E-state index is 11.6. The molecule has 1 aliphatic rings. The molecule has 0 unspecified atom stereocenters. The van der Waals surface area contributed by atoms with Crippen LogP contribution in [0.4, 0.5) is 5.95 Å². The number of anilines is 1. The lowest BCUT2D eigenvalue weighted by Crippen LogP contribution is -2.27. The van der Waals surface area contributed by atoms with Gasteiger partial charge in [-0.05, 0) is 35.4 Å². The molecule has 1 aromatic heterocycles. The van der Waals surface area contributed by atoms with Crippen LogP contribution >= 0.6 is 0 Å². The number of aromatic nitrogens is 4. The lowest BCUT2D eigenvalue weighted by Gasteiger charge is -2.07. The molecule has 7 heteroatoms. The summed E-state index contributed by atoms with van der Waals surface area (Å²) in [6, 6.07) is 10.0. The van der Waals surface area contributed by atoms with E-state index in [1.165, 1.54) is 0 Å². The number of carbonyl (C=O) groups is 1. The van der Waals surface area contributed by atoms with E-state index in [-0.39, 0.29) is 5.91 Å². The zero-order valence-electron chi connectivity index (χ0n) is 11.0.